The van der Waals surface area contributed by atoms with E-state index in [1.165, 1.54) is 18.2 Å². The minimum absolute atomic E-state index is 0.183. The summed E-state index contributed by atoms with van der Waals surface area (Å²) in [5.41, 5.74) is 3.59. The molecule has 2 rings (SSSR count). The topological polar surface area (TPSA) is 46.5 Å². The van der Waals surface area contributed by atoms with Crippen LogP contribution in [0.1, 0.15) is 32.6 Å². The molecule has 0 atom stereocenters. The zero-order valence-corrected chi connectivity index (χ0v) is 12.2. The van der Waals surface area contributed by atoms with Crippen LogP contribution < -0.4 is 4.74 Å². The van der Waals surface area contributed by atoms with Crippen molar-refractivity contribution in [1.82, 2.24) is 0 Å². The van der Waals surface area contributed by atoms with E-state index in [1.807, 2.05) is 20.8 Å². The lowest BCUT2D eigenvalue weighted by molar-refractivity contribution is 0.0696. The summed E-state index contributed by atoms with van der Waals surface area (Å²) in [5.74, 6) is -0.732. The first-order chi connectivity index (χ1) is 9.88. The van der Waals surface area contributed by atoms with Crippen molar-refractivity contribution in [3.8, 4) is 5.75 Å². The Balaban J connectivity index is 2.24. The molecule has 0 saturated carbocycles. The minimum atomic E-state index is -0.992. The number of carboxylic acids is 1. The molecule has 2 aromatic carbocycles. The van der Waals surface area contributed by atoms with Crippen molar-refractivity contribution in [3.05, 3.63) is 64.0 Å². The largest absolute Gasteiger partial charge is 0.489 e. The highest BCUT2D eigenvalue weighted by Crippen LogP contribution is 2.23. The van der Waals surface area contributed by atoms with Crippen LogP contribution in [0.2, 0.25) is 0 Å². The summed E-state index contributed by atoms with van der Waals surface area (Å²) in [6.07, 6.45) is 0. The number of hydrogen-bond donors (Lipinski definition) is 1. The molecule has 0 aliphatic carbocycles. The predicted molar refractivity (Wildman–Crippen MR) is 78.3 cm³/mol. The van der Waals surface area contributed by atoms with E-state index >= 15 is 0 Å². The van der Waals surface area contributed by atoms with Gasteiger partial charge in [-0.2, -0.15) is 0 Å². The van der Waals surface area contributed by atoms with Crippen molar-refractivity contribution in [2.75, 3.05) is 0 Å². The van der Waals surface area contributed by atoms with E-state index in [4.69, 9.17) is 9.84 Å². The van der Waals surface area contributed by atoms with Gasteiger partial charge in [0.05, 0.1) is 5.56 Å². The average Bonchev–Trinajstić information content (AvgIpc) is 2.39. The fourth-order valence-corrected chi connectivity index (χ4v) is 2.21. The third-order valence-corrected chi connectivity index (χ3v) is 3.47. The Bertz CT molecular complexity index is 669. The van der Waals surface area contributed by atoms with Gasteiger partial charge in [-0.15, -0.1) is 0 Å². The van der Waals surface area contributed by atoms with Crippen LogP contribution in [-0.2, 0) is 6.61 Å². The minimum Gasteiger partial charge on any atom is -0.489 e. The molecule has 0 unspecified atom stereocenters. The molecule has 4 heteroatoms. The van der Waals surface area contributed by atoms with E-state index in [1.54, 1.807) is 12.1 Å². The maximum absolute atomic E-state index is 13.3. The molecule has 0 heterocycles. The number of rotatable bonds is 4. The maximum Gasteiger partial charge on any atom is 0.335 e. The number of hydrogen-bond acceptors (Lipinski definition) is 2. The highest BCUT2D eigenvalue weighted by atomic mass is 19.1. The Kier molecular flexibility index (Phi) is 4.26. The first kappa shape index (κ1) is 15.0. The Morgan fingerprint density at radius 2 is 1.71 bits per heavy atom. The van der Waals surface area contributed by atoms with Crippen molar-refractivity contribution in [3.63, 3.8) is 0 Å². The summed E-state index contributed by atoms with van der Waals surface area (Å²) in [6.45, 7) is 5.79. The van der Waals surface area contributed by atoms with Crippen LogP contribution in [0.3, 0.4) is 0 Å². The lowest BCUT2D eigenvalue weighted by atomic mass is 10.0. The molecule has 0 amide bonds. The highest BCUT2D eigenvalue weighted by molar-refractivity contribution is 5.88. The van der Waals surface area contributed by atoms with Gasteiger partial charge in [0.25, 0.3) is 0 Å². The number of benzene rings is 2. The zero-order chi connectivity index (χ0) is 15.6. The van der Waals surface area contributed by atoms with Gasteiger partial charge in [0.15, 0.2) is 0 Å². The second kappa shape index (κ2) is 5.95. The van der Waals surface area contributed by atoms with Gasteiger partial charge in [0.2, 0.25) is 0 Å². The number of ether oxygens (including phenoxy) is 1. The van der Waals surface area contributed by atoms with E-state index in [0.29, 0.717) is 5.75 Å². The molecule has 0 aliphatic rings. The molecular weight excluding hydrogens is 271 g/mol. The van der Waals surface area contributed by atoms with Gasteiger partial charge < -0.3 is 9.84 Å². The molecular formula is C17H17FO3. The summed E-state index contributed by atoms with van der Waals surface area (Å²) >= 11 is 0. The van der Waals surface area contributed by atoms with Gasteiger partial charge in [0.1, 0.15) is 18.2 Å². The van der Waals surface area contributed by atoms with Crippen molar-refractivity contribution in [2.45, 2.75) is 27.4 Å². The number of aryl methyl sites for hydroxylation is 3. The summed E-state index contributed by atoms with van der Waals surface area (Å²) in [7, 11) is 0. The predicted octanol–water partition coefficient (Wildman–Crippen LogP) is 4.03. The molecule has 2 aromatic rings. The summed E-state index contributed by atoms with van der Waals surface area (Å²) in [5, 5.41) is 9.01. The maximum atomic E-state index is 13.3. The quantitative estimate of drug-likeness (QED) is 0.924. The van der Waals surface area contributed by atoms with Gasteiger partial charge in [-0.25, -0.2) is 9.18 Å². The molecule has 0 aliphatic heterocycles. The fourth-order valence-electron chi connectivity index (χ4n) is 2.21. The van der Waals surface area contributed by atoms with Crippen LogP contribution in [0.25, 0.3) is 0 Å². The number of carbonyl (C=O) groups is 1. The van der Waals surface area contributed by atoms with Crippen LogP contribution in [0.5, 0.6) is 5.75 Å². The molecule has 3 nitrogen and oxygen atoms in total. The molecule has 0 aromatic heterocycles. The normalized spacial score (nSPS) is 10.5. The highest BCUT2D eigenvalue weighted by Gasteiger charge is 2.10. The average molecular weight is 288 g/mol. The van der Waals surface area contributed by atoms with E-state index < -0.39 is 5.97 Å². The molecule has 110 valence electrons. The van der Waals surface area contributed by atoms with E-state index in [9.17, 15) is 9.18 Å². The first-order valence-electron chi connectivity index (χ1n) is 6.61. The molecule has 1 N–H and O–H groups in total. The second-order valence-corrected chi connectivity index (χ2v) is 5.09. The van der Waals surface area contributed by atoms with Crippen molar-refractivity contribution in [2.24, 2.45) is 0 Å². The Morgan fingerprint density at radius 3 is 2.29 bits per heavy atom. The van der Waals surface area contributed by atoms with Crippen molar-refractivity contribution >= 4 is 5.97 Å². The van der Waals surface area contributed by atoms with E-state index in [-0.39, 0.29) is 18.0 Å². The van der Waals surface area contributed by atoms with E-state index in [2.05, 4.69) is 0 Å². The summed E-state index contributed by atoms with van der Waals surface area (Å²) in [6, 6.07) is 7.69. The van der Waals surface area contributed by atoms with Gasteiger partial charge in [-0.1, -0.05) is 6.07 Å². The molecule has 0 fully saturated rings. The number of aromatic carboxylic acids is 1. The lowest BCUT2D eigenvalue weighted by Crippen LogP contribution is -2.04. The molecule has 21 heavy (non-hydrogen) atoms. The SMILES string of the molecule is Cc1ccc(C(=O)O)cc1OCc1c(C)cc(F)cc1C. The van der Waals surface area contributed by atoms with Crippen LogP contribution in [0.15, 0.2) is 30.3 Å². The third-order valence-electron chi connectivity index (χ3n) is 3.47. The second-order valence-electron chi connectivity index (χ2n) is 5.09. The van der Waals surface area contributed by atoms with Crippen molar-refractivity contribution in [1.29, 1.82) is 0 Å². The summed E-state index contributed by atoms with van der Waals surface area (Å²) < 4.78 is 19.0. The standard InChI is InChI=1S/C17H17FO3/c1-10-4-5-13(17(19)20)8-16(10)21-9-15-11(2)6-14(18)7-12(15)3/h4-8H,9H2,1-3H3,(H,19,20). The number of carboxylic acid groups (broad SMARTS) is 1. The van der Waals surface area contributed by atoms with Crippen LogP contribution in [-0.4, -0.2) is 11.1 Å². The molecule has 0 bridgehead atoms. The Hall–Kier alpha value is -2.36. The summed E-state index contributed by atoms with van der Waals surface area (Å²) in [4.78, 5) is 11.0. The fraction of sp³-hybridized carbons (Fsp3) is 0.235. The van der Waals surface area contributed by atoms with Gasteiger partial charge >= 0.3 is 5.97 Å². The first-order valence-corrected chi connectivity index (χ1v) is 6.61. The third kappa shape index (κ3) is 3.40. The zero-order valence-electron chi connectivity index (χ0n) is 12.2. The molecule has 0 saturated heterocycles. The molecule has 0 radical (unpaired) electrons. The van der Waals surface area contributed by atoms with E-state index in [0.717, 1.165) is 22.3 Å². The monoisotopic (exact) mass is 288 g/mol. The van der Waals surface area contributed by atoms with Crippen LogP contribution >= 0.6 is 0 Å². The van der Waals surface area contributed by atoms with Gasteiger partial charge in [-0.05, 0) is 67.3 Å². The lowest BCUT2D eigenvalue weighted by Gasteiger charge is -2.14. The van der Waals surface area contributed by atoms with Crippen LogP contribution in [0, 0.1) is 26.6 Å². The molecule has 0 spiro atoms. The Morgan fingerprint density at radius 1 is 1.10 bits per heavy atom. The smallest absolute Gasteiger partial charge is 0.335 e. The number of halogens is 1. The Labute approximate surface area is 123 Å². The van der Waals surface area contributed by atoms with Crippen molar-refractivity contribution < 1.29 is 19.0 Å². The van der Waals surface area contributed by atoms with Gasteiger partial charge in [0, 0.05) is 0 Å². The van der Waals surface area contributed by atoms with Gasteiger partial charge in [-0.3, -0.25) is 0 Å². The van der Waals surface area contributed by atoms with Crippen LogP contribution in [0.4, 0.5) is 4.39 Å².